The average Bonchev–Trinajstić information content (AvgIpc) is 2.73. The molecule has 0 saturated heterocycles. The lowest BCUT2D eigenvalue weighted by Gasteiger charge is -2.17. The molecule has 0 heterocycles. The number of ether oxygens (including phenoxy) is 1. The lowest BCUT2D eigenvalue weighted by atomic mass is 9.94. The van der Waals surface area contributed by atoms with Crippen LogP contribution in [-0.4, -0.2) is 16.2 Å². The molecule has 0 aliphatic carbocycles. The number of aromatic carboxylic acids is 1. The number of carboxylic acids is 1. The van der Waals surface area contributed by atoms with Crippen molar-refractivity contribution in [1.82, 2.24) is 0 Å². The van der Waals surface area contributed by atoms with Crippen LogP contribution in [-0.2, 0) is 6.61 Å². The summed E-state index contributed by atoms with van der Waals surface area (Å²) in [5.74, 6) is -0.518. The van der Waals surface area contributed by atoms with Crippen LogP contribution in [0.4, 0.5) is 0 Å². The summed E-state index contributed by atoms with van der Waals surface area (Å²) in [7, 11) is 0. The maximum Gasteiger partial charge on any atom is 0.339 e. The highest BCUT2D eigenvalue weighted by Gasteiger charge is 2.19. The molecule has 0 amide bonds. The van der Waals surface area contributed by atoms with E-state index >= 15 is 0 Å². The van der Waals surface area contributed by atoms with E-state index in [0.717, 1.165) is 38.6 Å². The van der Waals surface area contributed by atoms with Crippen LogP contribution in [0.15, 0.2) is 72.8 Å². The Morgan fingerprint density at radius 3 is 2.13 bits per heavy atom. The van der Waals surface area contributed by atoms with E-state index in [-0.39, 0.29) is 11.3 Å². The number of phenols is 1. The number of carbonyl (C=O) groups is 1. The summed E-state index contributed by atoms with van der Waals surface area (Å²) in [5.41, 5.74) is 4.99. The number of rotatable bonds is 5. The van der Waals surface area contributed by atoms with Crippen LogP contribution in [0, 0.1) is 13.8 Å². The largest absolute Gasteiger partial charge is 0.508 e. The Morgan fingerprint density at radius 1 is 0.867 bits per heavy atom. The Labute approximate surface area is 175 Å². The Balaban J connectivity index is 1.87. The molecule has 4 aromatic carbocycles. The molecule has 0 bridgehead atoms. The van der Waals surface area contributed by atoms with Gasteiger partial charge in [-0.25, -0.2) is 4.79 Å². The van der Waals surface area contributed by atoms with Gasteiger partial charge in [0.05, 0.1) is 0 Å². The highest BCUT2D eigenvalue weighted by molar-refractivity contribution is 6.07. The Kier molecular flexibility index (Phi) is 5.15. The second-order valence-corrected chi connectivity index (χ2v) is 7.36. The highest BCUT2D eigenvalue weighted by Crippen LogP contribution is 2.38. The van der Waals surface area contributed by atoms with Gasteiger partial charge in [-0.1, -0.05) is 54.6 Å². The zero-order valence-electron chi connectivity index (χ0n) is 16.8. The number of aryl methyl sites for hydroxylation is 2. The molecule has 4 nitrogen and oxygen atoms in total. The minimum absolute atomic E-state index is 0.114. The number of carboxylic acid groups (broad SMARTS) is 1. The van der Waals surface area contributed by atoms with E-state index in [2.05, 4.69) is 0 Å². The fraction of sp³-hybridized carbons (Fsp3) is 0.115. The minimum atomic E-state index is -1.04. The summed E-state index contributed by atoms with van der Waals surface area (Å²) in [5, 5.41) is 21.2. The van der Waals surface area contributed by atoms with Crippen LogP contribution in [0.2, 0.25) is 0 Å². The van der Waals surface area contributed by atoms with Gasteiger partial charge in [-0.2, -0.15) is 0 Å². The first-order chi connectivity index (χ1) is 14.5. The summed E-state index contributed by atoms with van der Waals surface area (Å²) in [6.07, 6.45) is 0. The van der Waals surface area contributed by atoms with Gasteiger partial charge < -0.3 is 14.9 Å². The van der Waals surface area contributed by atoms with Crippen molar-refractivity contribution in [2.24, 2.45) is 0 Å². The third-order valence-electron chi connectivity index (χ3n) is 5.41. The molecule has 0 spiro atoms. The third-order valence-corrected chi connectivity index (χ3v) is 5.41. The average molecular weight is 398 g/mol. The molecular formula is C26H22O4. The standard InChI is InChI=1S/C26H22O4/c1-16-6-5-7-17(2)24(16)15-30-25-21-9-4-3-8-20(21)22(14-23(25)26(28)29)18-10-12-19(27)13-11-18/h3-14,27H,15H2,1-2H3,(H,28,29). The first kappa shape index (κ1) is 19.5. The predicted octanol–water partition coefficient (Wildman–Crippen LogP) is 6.11. The molecule has 0 aliphatic heterocycles. The van der Waals surface area contributed by atoms with Crippen molar-refractivity contribution >= 4 is 16.7 Å². The van der Waals surface area contributed by atoms with Crippen LogP contribution >= 0.6 is 0 Å². The van der Waals surface area contributed by atoms with Crippen LogP contribution in [0.1, 0.15) is 27.0 Å². The fourth-order valence-corrected chi connectivity index (χ4v) is 3.76. The SMILES string of the molecule is Cc1cccc(C)c1COc1c(C(=O)O)cc(-c2ccc(O)cc2)c2ccccc12. The summed E-state index contributed by atoms with van der Waals surface area (Å²) < 4.78 is 6.15. The summed E-state index contributed by atoms with van der Waals surface area (Å²) in [6, 6.07) is 22.1. The first-order valence-corrected chi connectivity index (χ1v) is 9.72. The van der Waals surface area contributed by atoms with Crippen LogP contribution in [0.3, 0.4) is 0 Å². The maximum absolute atomic E-state index is 12.1. The van der Waals surface area contributed by atoms with E-state index in [4.69, 9.17) is 4.74 Å². The molecule has 4 heteroatoms. The van der Waals surface area contributed by atoms with E-state index < -0.39 is 5.97 Å². The monoisotopic (exact) mass is 398 g/mol. The highest BCUT2D eigenvalue weighted by atomic mass is 16.5. The fourth-order valence-electron chi connectivity index (χ4n) is 3.76. The molecule has 150 valence electrons. The zero-order chi connectivity index (χ0) is 21.3. The number of fused-ring (bicyclic) bond motifs is 1. The molecule has 4 aromatic rings. The van der Waals surface area contributed by atoms with Crippen molar-refractivity contribution in [2.75, 3.05) is 0 Å². The topological polar surface area (TPSA) is 66.8 Å². The van der Waals surface area contributed by atoms with Crippen molar-refractivity contribution in [3.63, 3.8) is 0 Å². The van der Waals surface area contributed by atoms with E-state index in [0.29, 0.717) is 12.4 Å². The first-order valence-electron chi connectivity index (χ1n) is 9.72. The van der Waals surface area contributed by atoms with Crippen molar-refractivity contribution in [1.29, 1.82) is 0 Å². The maximum atomic E-state index is 12.1. The van der Waals surface area contributed by atoms with E-state index in [9.17, 15) is 15.0 Å². The van der Waals surface area contributed by atoms with Gasteiger partial charge in [0.15, 0.2) is 0 Å². The lowest BCUT2D eigenvalue weighted by molar-refractivity contribution is 0.0692. The van der Waals surface area contributed by atoms with Crippen molar-refractivity contribution in [2.45, 2.75) is 20.5 Å². The number of phenolic OH excluding ortho intramolecular Hbond substituents is 1. The molecule has 4 rings (SSSR count). The molecule has 0 atom stereocenters. The summed E-state index contributed by atoms with van der Waals surface area (Å²) in [4.78, 5) is 12.1. The van der Waals surface area contributed by atoms with Gasteiger partial charge in [-0.3, -0.25) is 0 Å². The van der Waals surface area contributed by atoms with Gasteiger partial charge in [0.25, 0.3) is 0 Å². The van der Waals surface area contributed by atoms with Crippen LogP contribution < -0.4 is 4.74 Å². The van der Waals surface area contributed by atoms with Crippen LogP contribution in [0.25, 0.3) is 21.9 Å². The van der Waals surface area contributed by atoms with Gasteiger partial charge in [0.1, 0.15) is 23.7 Å². The quantitative estimate of drug-likeness (QED) is 0.426. The van der Waals surface area contributed by atoms with Crippen molar-refractivity contribution in [3.05, 3.63) is 95.1 Å². The molecule has 0 aliphatic rings. The van der Waals surface area contributed by atoms with E-state index in [1.165, 1.54) is 0 Å². The van der Waals surface area contributed by atoms with Gasteiger partial charge in [-0.15, -0.1) is 0 Å². The van der Waals surface area contributed by atoms with Gasteiger partial charge in [0, 0.05) is 5.39 Å². The number of hydrogen-bond donors (Lipinski definition) is 2. The second-order valence-electron chi connectivity index (χ2n) is 7.36. The number of hydrogen-bond acceptors (Lipinski definition) is 3. The Hall–Kier alpha value is -3.79. The van der Waals surface area contributed by atoms with Gasteiger partial charge >= 0.3 is 5.97 Å². The molecule has 0 aromatic heterocycles. The third kappa shape index (κ3) is 3.60. The van der Waals surface area contributed by atoms with Gasteiger partial charge in [-0.05, 0) is 65.3 Å². The summed E-state index contributed by atoms with van der Waals surface area (Å²) >= 11 is 0. The Bertz CT molecular complexity index is 1220. The molecule has 0 unspecified atom stereocenters. The van der Waals surface area contributed by atoms with E-state index in [1.54, 1.807) is 30.3 Å². The second kappa shape index (κ2) is 7.91. The Morgan fingerprint density at radius 2 is 1.50 bits per heavy atom. The van der Waals surface area contributed by atoms with E-state index in [1.807, 2.05) is 56.3 Å². The summed E-state index contributed by atoms with van der Waals surface area (Å²) in [6.45, 7) is 4.34. The smallest absolute Gasteiger partial charge is 0.339 e. The zero-order valence-corrected chi connectivity index (χ0v) is 16.8. The lowest BCUT2D eigenvalue weighted by Crippen LogP contribution is -2.07. The predicted molar refractivity (Wildman–Crippen MR) is 118 cm³/mol. The molecule has 30 heavy (non-hydrogen) atoms. The molecule has 0 saturated carbocycles. The molecule has 0 fully saturated rings. The van der Waals surface area contributed by atoms with Crippen molar-refractivity contribution < 1.29 is 19.7 Å². The molecule has 2 N–H and O–H groups in total. The molecule has 0 radical (unpaired) electrons. The number of benzene rings is 4. The van der Waals surface area contributed by atoms with Crippen LogP contribution in [0.5, 0.6) is 11.5 Å². The van der Waals surface area contributed by atoms with Crippen molar-refractivity contribution in [3.8, 4) is 22.6 Å². The minimum Gasteiger partial charge on any atom is -0.508 e. The molecular weight excluding hydrogens is 376 g/mol. The number of aromatic hydroxyl groups is 1. The normalized spacial score (nSPS) is 10.9. The van der Waals surface area contributed by atoms with Gasteiger partial charge in [0.2, 0.25) is 0 Å².